The summed E-state index contributed by atoms with van der Waals surface area (Å²) in [5, 5.41) is 7.22. The number of aryl methyl sites for hydroxylation is 2. The molecule has 0 saturated carbocycles. The molecule has 1 N–H and O–H groups in total. The molecule has 0 aliphatic heterocycles. The smallest absolute Gasteiger partial charge is 0.259 e. The summed E-state index contributed by atoms with van der Waals surface area (Å²) in [6.07, 6.45) is 0. The molecule has 0 unspecified atom stereocenters. The zero-order valence-electron chi connectivity index (χ0n) is 13.6. The van der Waals surface area contributed by atoms with Crippen molar-refractivity contribution in [2.45, 2.75) is 40.0 Å². The van der Waals surface area contributed by atoms with Crippen LogP contribution >= 0.6 is 0 Å². The molecule has 1 aromatic carbocycles. The average Bonchev–Trinajstić information content (AvgIpc) is 2.62. The molecule has 4 nitrogen and oxygen atoms in total. The first-order chi connectivity index (χ1) is 9.70. The number of benzene rings is 1. The number of nitrogens with zero attached hydrogens (tertiary/aromatic N) is 2. The van der Waals surface area contributed by atoms with Crippen LogP contribution in [0.3, 0.4) is 0 Å². The molecule has 2 rings (SSSR count). The maximum Gasteiger partial charge on any atom is 0.259 e. The summed E-state index contributed by atoms with van der Waals surface area (Å²) in [6.45, 7) is 10.3. The first kappa shape index (κ1) is 15.3. The number of hydrogen-bond donors (Lipinski definition) is 1. The highest BCUT2D eigenvalue weighted by Crippen LogP contribution is 2.24. The van der Waals surface area contributed by atoms with Crippen LogP contribution in [-0.2, 0) is 12.5 Å². The minimum Gasteiger partial charge on any atom is -0.322 e. The highest BCUT2D eigenvalue weighted by molar-refractivity contribution is 6.05. The lowest BCUT2D eigenvalue weighted by Gasteiger charge is -2.19. The van der Waals surface area contributed by atoms with E-state index in [-0.39, 0.29) is 11.3 Å². The van der Waals surface area contributed by atoms with Gasteiger partial charge in [0, 0.05) is 18.4 Å². The van der Waals surface area contributed by atoms with Gasteiger partial charge in [-0.05, 0) is 37.0 Å². The Labute approximate surface area is 126 Å². The number of hydrogen-bond acceptors (Lipinski definition) is 2. The Kier molecular flexibility index (Phi) is 3.90. The van der Waals surface area contributed by atoms with Crippen LogP contribution < -0.4 is 5.32 Å². The van der Waals surface area contributed by atoms with Crippen molar-refractivity contribution in [1.29, 1.82) is 0 Å². The number of anilines is 1. The lowest BCUT2D eigenvalue weighted by molar-refractivity contribution is 0.102. The summed E-state index contributed by atoms with van der Waals surface area (Å²) in [6, 6.07) is 8.00. The van der Waals surface area contributed by atoms with Crippen LogP contribution in [0, 0.1) is 13.8 Å². The van der Waals surface area contributed by atoms with Crippen molar-refractivity contribution in [3.05, 3.63) is 46.8 Å². The Morgan fingerprint density at radius 1 is 1.14 bits per heavy atom. The van der Waals surface area contributed by atoms with Gasteiger partial charge in [0.15, 0.2) is 0 Å². The van der Waals surface area contributed by atoms with Gasteiger partial charge in [0.2, 0.25) is 0 Å². The molecule has 1 amide bonds. The summed E-state index contributed by atoms with van der Waals surface area (Å²) in [5.74, 6) is -0.110. The molecule has 0 aliphatic rings. The van der Waals surface area contributed by atoms with Gasteiger partial charge in [0.05, 0.1) is 11.3 Å². The third-order valence-corrected chi connectivity index (χ3v) is 3.74. The van der Waals surface area contributed by atoms with Crippen molar-refractivity contribution in [1.82, 2.24) is 9.78 Å². The molecule has 0 saturated heterocycles. The van der Waals surface area contributed by atoms with Crippen LogP contribution in [0.25, 0.3) is 0 Å². The summed E-state index contributed by atoms with van der Waals surface area (Å²) in [4.78, 5) is 12.4. The van der Waals surface area contributed by atoms with E-state index in [0.717, 1.165) is 17.1 Å². The molecule has 4 heteroatoms. The van der Waals surface area contributed by atoms with E-state index in [0.29, 0.717) is 5.56 Å². The second-order valence-corrected chi connectivity index (χ2v) is 6.45. The molecule has 1 aromatic heterocycles. The van der Waals surface area contributed by atoms with Crippen LogP contribution in [0.5, 0.6) is 0 Å². The van der Waals surface area contributed by atoms with Crippen LogP contribution in [-0.4, -0.2) is 15.7 Å². The monoisotopic (exact) mass is 285 g/mol. The number of rotatable bonds is 2. The fraction of sp³-hybridized carbons (Fsp3) is 0.412. The van der Waals surface area contributed by atoms with Gasteiger partial charge in [-0.3, -0.25) is 9.48 Å². The van der Waals surface area contributed by atoms with Crippen molar-refractivity contribution < 1.29 is 4.79 Å². The van der Waals surface area contributed by atoms with Crippen molar-refractivity contribution >= 4 is 11.6 Å². The minimum atomic E-state index is -0.110. The van der Waals surface area contributed by atoms with E-state index in [9.17, 15) is 4.79 Å². The molecular weight excluding hydrogens is 262 g/mol. The van der Waals surface area contributed by atoms with E-state index in [1.54, 1.807) is 4.68 Å². The summed E-state index contributed by atoms with van der Waals surface area (Å²) in [7, 11) is 1.84. The Morgan fingerprint density at radius 2 is 1.71 bits per heavy atom. The highest BCUT2D eigenvalue weighted by atomic mass is 16.1. The molecule has 0 atom stereocenters. The molecule has 21 heavy (non-hydrogen) atoms. The normalized spacial score (nSPS) is 11.5. The van der Waals surface area contributed by atoms with Crippen LogP contribution in [0.1, 0.15) is 48.1 Å². The maximum atomic E-state index is 12.4. The van der Waals surface area contributed by atoms with Crippen LogP contribution in [0.4, 0.5) is 5.69 Å². The molecular formula is C17H23N3O. The van der Waals surface area contributed by atoms with E-state index < -0.39 is 0 Å². The largest absolute Gasteiger partial charge is 0.322 e. The SMILES string of the molecule is Cc1nn(C)c(C)c1C(=O)Nc1ccc(C(C)(C)C)cc1. The van der Waals surface area contributed by atoms with E-state index >= 15 is 0 Å². The van der Waals surface area contributed by atoms with E-state index in [4.69, 9.17) is 0 Å². The number of aromatic nitrogens is 2. The van der Waals surface area contributed by atoms with E-state index in [2.05, 4.69) is 43.3 Å². The molecule has 112 valence electrons. The molecule has 2 aromatic rings. The van der Waals surface area contributed by atoms with Gasteiger partial charge in [-0.1, -0.05) is 32.9 Å². The fourth-order valence-corrected chi connectivity index (χ4v) is 2.35. The van der Waals surface area contributed by atoms with Gasteiger partial charge in [0.25, 0.3) is 5.91 Å². The predicted octanol–water partition coefficient (Wildman–Crippen LogP) is 3.59. The number of carbonyl (C=O) groups is 1. The van der Waals surface area contributed by atoms with Gasteiger partial charge in [-0.15, -0.1) is 0 Å². The summed E-state index contributed by atoms with van der Waals surface area (Å²) >= 11 is 0. The second kappa shape index (κ2) is 5.35. The Balaban J connectivity index is 2.20. The molecule has 0 fully saturated rings. The summed E-state index contributed by atoms with van der Waals surface area (Å²) in [5.41, 5.74) is 4.43. The van der Waals surface area contributed by atoms with Crippen molar-refractivity contribution in [3.63, 3.8) is 0 Å². The van der Waals surface area contributed by atoms with Crippen LogP contribution in [0.2, 0.25) is 0 Å². The zero-order valence-corrected chi connectivity index (χ0v) is 13.6. The van der Waals surface area contributed by atoms with E-state index in [1.165, 1.54) is 5.56 Å². The maximum absolute atomic E-state index is 12.4. The Morgan fingerprint density at radius 3 is 2.14 bits per heavy atom. The fourth-order valence-electron chi connectivity index (χ4n) is 2.35. The van der Waals surface area contributed by atoms with Gasteiger partial charge >= 0.3 is 0 Å². The van der Waals surface area contributed by atoms with Crippen molar-refractivity contribution in [2.75, 3.05) is 5.32 Å². The molecule has 0 spiro atoms. The van der Waals surface area contributed by atoms with Gasteiger partial charge in [0.1, 0.15) is 0 Å². The minimum absolute atomic E-state index is 0.110. The third kappa shape index (κ3) is 3.15. The number of amides is 1. The predicted molar refractivity (Wildman–Crippen MR) is 85.8 cm³/mol. The molecule has 1 heterocycles. The van der Waals surface area contributed by atoms with E-state index in [1.807, 2.05) is 33.0 Å². The van der Waals surface area contributed by atoms with Crippen molar-refractivity contribution in [2.24, 2.45) is 7.05 Å². The number of carbonyl (C=O) groups excluding carboxylic acids is 1. The lowest BCUT2D eigenvalue weighted by atomic mass is 9.87. The molecule has 0 bridgehead atoms. The second-order valence-electron chi connectivity index (χ2n) is 6.45. The Bertz CT molecular complexity index is 661. The zero-order chi connectivity index (χ0) is 15.8. The van der Waals surface area contributed by atoms with Crippen molar-refractivity contribution in [3.8, 4) is 0 Å². The highest BCUT2D eigenvalue weighted by Gasteiger charge is 2.18. The molecule has 0 aliphatic carbocycles. The lowest BCUT2D eigenvalue weighted by Crippen LogP contribution is -2.15. The topological polar surface area (TPSA) is 46.9 Å². The quantitative estimate of drug-likeness (QED) is 0.916. The standard InChI is InChI=1S/C17H23N3O/c1-11-15(12(2)20(6)19-11)16(21)18-14-9-7-13(8-10-14)17(3,4)5/h7-10H,1-6H3,(H,18,21). The first-order valence-corrected chi connectivity index (χ1v) is 7.12. The van der Waals surface area contributed by atoms with Crippen LogP contribution in [0.15, 0.2) is 24.3 Å². The summed E-state index contributed by atoms with van der Waals surface area (Å²) < 4.78 is 1.73. The van der Waals surface area contributed by atoms with Gasteiger partial charge < -0.3 is 5.32 Å². The first-order valence-electron chi connectivity index (χ1n) is 7.12. The number of nitrogens with one attached hydrogen (secondary N) is 1. The van der Waals surface area contributed by atoms with Gasteiger partial charge in [-0.25, -0.2) is 0 Å². The third-order valence-electron chi connectivity index (χ3n) is 3.74. The van der Waals surface area contributed by atoms with Gasteiger partial charge in [-0.2, -0.15) is 5.10 Å². The molecule has 0 radical (unpaired) electrons. The average molecular weight is 285 g/mol. The Hall–Kier alpha value is -2.10.